The largest absolute Gasteiger partial charge is 0.229 e. The molecule has 0 saturated carbocycles. The molecule has 1 atom stereocenters. The molecule has 7 heteroatoms. The second-order valence-corrected chi connectivity index (χ2v) is 7.06. The molecular formula is C19H14F2N4S. The van der Waals surface area contributed by atoms with E-state index in [0.29, 0.717) is 16.2 Å². The van der Waals surface area contributed by atoms with Gasteiger partial charge in [0.15, 0.2) is 5.65 Å². The minimum atomic E-state index is -0.460. The number of halogens is 2. The molecule has 4 aromatic rings. The normalized spacial score (nSPS) is 12.4. The third-order valence-electron chi connectivity index (χ3n) is 4.01. The van der Waals surface area contributed by atoms with Crippen molar-refractivity contribution in [2.75, 3.05) is 0 Å². The molecule has 1 unspecified atom stereocenters. The molecule has 0 aliphatic rings. The Morgan fingerprint density at radius 1 is 1.04 bits per heavy atom. The lowest BCUT2D eigenvalue weighted by atomic mass is 10.1. The number of rotatable bonds is 4. The first-order chi connectivity index (χ1) is 12.6. The molecular weight excluding hydrogens is 354 g/mol. The quantitative estimate of drug-likeness (QED) is 0.378. The molecule has 0 fully saturated rings. The molecule has 2 heterocycles. The van der Waals surface area contributed by atoms with Gasteiger partial charge in [-0.1, -0.05) is 30.0 Å². The van der Waals surface area contributed by atoms with E-state index in [-0.39, 0.29) is 5.25 Å². The first-order valence-electron chi connectivity index (χ1n) is 7.99. The van der Waals surface area contributed by atoms with Crippen molar-refractivity contribution in [3.63, 3.8) is 0 Å². The standard InChI is InChI=1S/C19H14F2N4S/c1-12(15-9-13(20)7-8-17(15)21)26-19-16-10-24-25(18(16)22-11-23-19)14-5-3-2-4-6-14/h2-12H,1H3. The fourth-order valence-corrected chi connectivity index (χ4v) is 3.75. The minimum absolute atomic E-state index is 0.303. The van der Waals surface area contributed by atoms with Crippen molar-refractivity contribution in [3.8, 4) is 5.69 Å². The summed E-state index contributed by atoms with van der Waals surface area (Å²) in [5.74, 6) is -0.893. The van der Waals surface area contributed by atoms with Crippen LogP contribution in [0.25, 0.3) is 16.7 Å². The summed E-state index contributed by atoms with van der Waals surface area (Å²) in [5.41, 5.74) is 1.86. The summed E-state index contributed by atoms with van der Waals surface area (Å²) in [6, 6.07) is 13.1. The Hall–Kier alpha value is -2.80. The van der Waals surface area contributed by atoms with Crippen LogP contribution in [0.15, 0.2) is 66.1 Å². The van der Waals surface area contributed by atoms with Crippen LogP contribution >= 0.6 is 11.8 Å². The zero-order chi connectivity index (χ0) is 18.1. The number of hydrogen-bond donors (Lipinski definition) is 0. The molecule has 26 heavy (non-hydrogen) atoms. The van der Waals surface area contributed by atoms with E-state index in [0.717, 1.165) is 23.2 Å². The van der Waals surface area contributed by atoms with Crippen molar-refractivity contribution in [3.05, 3.63) is 78.3 Å². The van der Waals surface area contributed by atoms with E-state index in [1.54, 1.807) is 10.9 Å². The summed E-state index contributed by atoms with van der Waals surface area (Å²) < 4.78 is 29.2. The van der Waals surface area contributed by atoms with Gasteiger partial charge in [0.25, 0.3) is 0 Å². The molecule has 0 aliphatic carbocycles. The highest BCUT2D eigenvalue weighted by atomic mass is 32.2. The fourth-order valence-electron chi connectivity index (χ4n) is 2.73. The van der Waals surface area contributed by atoms with Crippen LogP contribution in [0.4, 0.5) is 8.78 Å². The van der Waals surface area contributed by atoms with Gasteiger partial charge in [0, 0.05) is 10.8 Å². The van der Waals surface area contributed by atoms with Gasteiger partial charge in [0.2, 0.25) is 0 Å². The highest BCUT2D eigenvalue weighted by Gasteiger charge is 2.18. The topological polar surface area (TPSA) is 43.6 Å². The molecule has 4 nitrogen and oxygen atoms in total. The maximum Gasteiger partial charge on any atom is 0.167 e. The van der Waals surface area contributed by atoms with Gasteiger partial charge in [-0.3, -0.25) is 0 Å². The molecule has 0 spiro atoms. The van der Waals surface area contributed by atoms with Gasteiger partial charge in [0.1, 0.15) is 23.0 Å². The van der Waals surface area contributed by atoms with Crippen molar-refractivity contribution in [1.29, 1.82) is 0 Å². The molecule has 0 saturated heterocycles. The van der Waals surface area contributed by atoms with Crippen LogP contribution in [0, 0.1) is 11.6 Å². The molecule has 4 rings (SSSR count). The lowest BCUT2D eigenvalue weighted by Crippen LogP contribution is -1.98. The van der Waals surface area contributed by atoms with E-state index in [4.69, 9.17) is 0 Å². The first-order valence-corrected chi connectivity index (χ1v) is 8.87. The van der Waals surface area contributed by atoms with Crippen LogP contribution < -0.4 is 0 Å². The summed E-state index contributed by atoms with van der Waals surface area (Å²) in [4.78, 5) is 8.65. The van der Waals surface area contributed by atoms with Crippen LogP contribution in [0.2, 0.25) is 0 Å². The number of nitrogens with zero attached hydrogens (tertiary/aromatic N) is 4. The van der Waals surface area contributed by atoms with Gasteiger partial charge in [0.05, 0.1) is 17.3 Å². The van der Waals surface area contributed by atoms with Crippen molar-refractivity contribution < 1.29 is 8.78 Å². The summed E-state index contributed by atoms with van der Waals surface area (Å²) in [6.45, 7) is 1.82. The lowest BCUT2D eigenvalue weighted by Gasteiger charge is -2.12. The van der Waals surface area contributed by atoms with Gasteiger partial charge in [-0.25, -0.2) is 23.4 Å². The zero-order valence-electron chi connectivity index (χ0n) is 13.8. The summed E-state index contributed by atoms with van der Waals surface area (Å²) in [5, 5.41) is 5.53. The van der Waals surface area contributed by atoms with Crippen molar-refractivity contribution in [2.24, 2.45) is 0 Å². The van der Waals surface area contributed by atoms with Gasteiger partial charge in [-0.05, 0) is 37.3 Å². The zero-order valence-corrected chi connectivity index (χ0v) is 14.6. The Morgan fingerprint density at radius 2 is 1.85 bits per heavy atom. The highest BCUT2D eigenvalue weighted by molar-refractivity contribution is 7.99. The van der Waals surface area contributed by atoms with Gasteiger partial charge < -0.3 is 0 Å². The lowest BCUT2D eigenvalue weighted by molar-refractivity contribution is 0.586. The Bertz CT molecular complexity index is 1070. The number of aromatic nitrogens is 4. The highest BCUT2D eigenvalue weighted by Crippen LogP contribution is 2.38. The summed E-state index contributed by atoms with van der Waals surface area (Å²) in [7, 11) is 0. The third kappa shape index (κ3) is 3.06. The molecule has 0 amide bonds. The van der Waals surface area contributed by atoms with E-state index in [1.807, 2.05) is 37.3 Å². The Labute approximate surface area is 152 Å². The van der Waals surface area contributed by atoms with E-state index in [2.05, 4.69) is 15.1 Å². The molecule has 2 aromatic carbocycles. The van der Waals surface area contributed by atoms with E-state index in [9.17, 15) is 8.78 Å². The molecule has 130 valence electrons. The van der Waals surface area contributed by atoms with Crippen LogP contribution in [0.3, 0.4) is 0 Å². The maximum atomic E-state index is 14.0. The average Bonchev–Trinajstić information content (AvgIpc) is 3.09. The molecule has 0 radical (unpaired) electrons. The average molecular weight is 368 g/mol. The molecule has 0 aliphatic heterocycles. The van der Waals surface area contributed by atoms with Crippen LogP contribution in [0.1, 0.15) is 17.7 Å². The Balaban J connectivity index is 1.72. The number of para-hydroxylation sites is 1. The van der Waals surface area contributed by atoms with Crippen LogP contribution in [-0.4, -0.2) is 19.7 Å². The van der Waals surface area contributed by atoms with Crippen LogP contribution in [-0.2, 0) is 0 Å². The smallest absolute Gasteiger partial charge is 0.167 e. The van der Waals surface area contributed by atoms with E-state index >= 15 is 0 Å². The number of thioether (sulfide) groups is 1. The fraction of sp³-hybridized carbons (Fsp3) is 0.105. The number of fused-ring (bicyclic) bond motifs is 1. The first kappa shape index (κ1) is 16.7. The summed E-state index contributed by atoms with van der Waals surface area (Å²) in [6.07, 6.45) is 3.15. The monoisotopic (exact) mass is 368 g/mol. The predicted octanol–water partition coefficient (Wildman–Crippen LogP) is 4.95. The second kappa shape index (κ2) is 6.84. The summed E-state index contributed by atoms with van der Waals surface area (Å²) >= 11 is 1.35. The van der Waals surface area contributed by atoms with Gasteiger partial charge >= 0.3 is 0 Å². The van der Waals surface area contributed by atoms with Gasteiger partial charge in [-0.15, -0.1) is 0 Å². The molecule has 2 aromatic heterocycles. The molecule has 0 bridgehead atoms. The van der Waals surface area contributed by atoms with Crippen molar-refractivity contribution in [2.45, 2.75) is 17.2 Å². The van der Waals surface area contributed by atoms with E-state index in [1.165, 1.54) is 24.2 Å². The SMILES string of the molecule is CC(Sc1ncnc2c1cnn2-c1ccccc1)c1cc(F)ccc1F. The van der Waals surface area contributed by atoms with Crippen molar-refractivity contribution in [1.82, 2.24) is 19.7 Å². The minimum Gasteiger partial charge on any atom is -0.229 e. The number of benzene rings is 2. The Kier molecular flexibility index (Phi) is 4.38. The number of hydrogen-bond acceptors (Lipinski definition) is 4. The third-order valence-corrected chi connectivity index (χ3v) is 5.17. The van der Waals surface area contributed by atoms with E-state index < -0.39 is 11.6 Å². The van der Waals surface area contributed by atoms with Crippen molar-refractivity contribution >= 4 is 22.8 Å². The second-order valence-electron chi connectivity index (χ2n) is 5.73. The van der Waals surface area contributed by atoms with Crippen LogP contribution in [0.5, 0.6) is 0 Å². The predicted molar refractivity (Wildman–Crippen MR) is 97.3 cm³/mol. The Morgan fingerprint density at radius 3 is 2.65 bits per heavy atom. The van der Waals surface area contributed by atoms with Gasteiger partial charge in [-0.2, -0.15) is 5.10 Å². The molecule has 0 N–H and O–H groups in total. The maximum absolute atomic E-state index is 14.0.